The maximum absolute atomic E-state index is 12.3. The van der Waals surface area contributed by atoms with Gasteiger partial charge in [-0.15, -0.1) is 0 Å². The third-order valence-electron chi connectivity index (χ3n) is 4.58. The number of hydrogen-bond donors (Lipinski definition) is 2. The number of carboxylic acid groups (broad SMARTS) is 1. The second-order valence-electron chi connectivity index (χ2n) is 7.22. The van der Waals surface area contributed by atoms with Crippen molar-refractivity contribution in [2.75, 3.05) is 6.54 Å². The van der Waals surface area contributed by atoms with E-state index < -0.39 is 12.0 Å². The second-order valence-corrected chi connectivity index (χ2v) is 7.22. The Bertz CT molecular complexity index is 403. The predicted molar refractivity (Wildman–Crippen MR) is 71.9 cm³/mol. The Morgan fingerprint density at radius 3 is 2.26 bits per heavy atom. The van der Waals surface area contributed by atoms with E-state index in [1.54, 1.807) is 0 Å². The molecule has 0 aromatic rings. The van der Waals surface area contributed by atoms with Crippen molar-refractivity contribution in [1.29, 1.82) is 0 Å². The molecule has 2 atom stereocenters. The van der Waals surface area contributed by atoms with E-state index in [1.165, 1.54) is 4.90 Å². The molecule has 1 aliphatic carbocycles. The fourth-order valence-electron chi connectivity index (χ4n) is 3.02. The van der Waals surface area contributed by atoms with E-state index in [-0.39, 0.29) is 22.9 Å². The van der Waals surface area contributed by atoms with Gasteiger partial charge in [0.05, 0.1) is 0 Å². The highest BCUT2D eigenvalue weighted by Gasteiger charge is 2.49. The molecule has 1 saturated heterocycles. The minimum Gasteiger partial charge on any atom is -0.480 e. The van der Waals surface area contributed by atoms with Crippen LogP contribution >= 0.6 is 0 Å². The van der Waals surface area contributed by atoms with Crippen LogP contribution in [0.5, 0.6) is 0 Å². The van der Waals surface area contributed by atoms with E-state index in [0.29, 0.717) is 6.54 Å². The largest absolute Gasteiger partial charge is 0.480 e. The average Bonchev–Trinajstić information content (AvgIpc) is 2.83. The number of amides is 2. The molecule has 2 rings (SSSR count). The van der Waals surface area contributed by atoms with Crippen molar-refractivity contribution in [1.82, 2.24) is 10.2 Å². The summed E-state index contributed by atoms with van der Waals surface area (Å²) in [6, 6.07) is -0.779. The minimum atomic E-state index is -0.907. The van der Waals surface area contributed by atoms with E-state index in [9.17, 15) is 14.7 Å². The first-order valence-corrected chi connectivity index (χ1v) is 6.95. The van der Waals surface area contributed by atoms with Crippen molar-refractivity contribution < 1.29 is 14.7 Å². The summed E-state index contributed by atoms with van der Waals surface area (Å²) in [4.78, 5) is 25.3. The topological polar surface area (TPSA) is 69.6 Å². The molecule has 0 bridgehead atoms. The second kappa shape index (κ2) is 4.39. The number of likely N-dealkylation sites (tertiary alicyclic amines) is 1. The molecule has 2 amide bonds. The molecule has 0 aromatic carbocycles. The van der Waals surface area contributed by atoms with Crippen LogP contribution in [0.25, 0.3) is 0 Å². The van der Waals surface area contributed by atoms with E-state index in [2.05, 4.69) is 19.2 Å². The summed E-state index contributed by atoms with van der Waals surface area (Å²) in [5, 5.41) is 12.4. The van der Waals surface area contributed by atoms with Gasteiger partial charge in [0.25, 0.3) is 0 Å². The fourth-order valence-corrected chi connectivity index (χ4v) is 3.02. The number of carboxylic acids is 1. The molecule has 108 valence electrons. The standard InChI is InChI=1S/C14H24N2O3/c1-13(2)6-5-7-16(10(13)11(17)18)12(19)15-9-8-14(9,3)4/h9-10H,5-8H2,1-4H3,(H,15,19)(H,17,18). The molecule has 0 spiro atoms. The van der Waals surface area contributed by atoms with Crippen molar-refractivity contribution >= 4 is 12.0 Å². The summed E-state index contributed by atoms with van der Waals surface area (Å²) in [5.41, 5.74) is -0.222. The lowest BCUT2D eigenvalue weighted by atomic mass is 9.76. The third-order valence-corrected chi connectivity index (χ3v) is 4.58. The van der Waals surface area contributed by atoms with Crippen LogP contribution in [0.4, 0.5) is 4.79 Å². The van der Waals surface area contributed by atoms with Gasteiger partial charge < -0.3 is 15.3 Å². The third kappa shape index (κ3) is 2.69. The quantitative estimate of drug-likeness (QED) is 0.805. The van der Waals surface area contributed by atoms with Gasteiger partial charge in [-0.05, 0) is 30.1 Å². The summed E-state index contributed by atoms with van der Waals surface area (Å²) in [5.74, 6) is -0.907. The lowest BCUT2D eigenvalue weighted by molar-refractivity contribution is -0.148. The van der Waals surface area contributed by atoms with Gasteiger partial charge in [-0.25, -0.2) is 9.59 Å². The Morgan fingerprint density at radius 1 is 1.21 bits per heavy atom. The Hall–Kier alpha value is -1.26. The summed E-state index contributed by atoms with van der Waals surface area (Å²) in [6.07, 6.45) is 2.66. The van der Waals surface area contributed by atoms with Gasteiger partial charge in [0.15, 0.2) is 0 Å². The van der Waals surface area contributed by atoms with Gasteiger partial charge in [-0.2, -0.15) is 0 Å². The number of rotatable bonds is 2. The molecule has 1 saturated carbocycles. The normalized spacial score (nSPS) is 31.7. The highest BCUT2D eigenvalue weighted by molar-refractivity contribution is 5.84. The zero-order chi connectivity index (χ0) is 14.4. The van der Waals surface area contributed by atoms with Gasteiger partial charge in [0, 0.05) is 12.6 Å². The van der Waals surface area contributed by atoms with Gasteiger partial charge in [0.2, 0.25) is 0 Å². The summed E-state index contributed by atoms with van der Waals surface area (Å²) in [6.45, 7) is 8.58. The molecular formula is C14H24N2O3. The molecule has 5 nitrogen and oxygen atoms in total. The predicted octanol–water partition coefficient (Wildman–Crippen LogP) is 2.07. The summed E-state index contributed by atoms with van der Waals surface area (Å²) in [7, 11) is 0. The number of nitrogens with zero attached hydrogens (tertiary/aromatic N) is 1. The van der Waals surface area contributed by atoms with Crippen LogP contribution in [-0.4, -0.2) is 40.6 Å². The molecule has 5 heteroatoms. The molecule has 2 unspecified atom stereocenters. The van der Waals surface area contributed by atoms with Crippen LogP contribution in [0.15, 0.2) is 0 Å². The Morgan fingerprint density at radius 2 is 1.79 bits per heavy atom. The highest BCUT2D eigenvalue weighted by Crippen LogP contribution is 2.45. The maximum Gasteiger partial charge on any atom is 0.327 e. The Kier molecular flexibility index (Phi) is 3.27. The number of hydrogen-bond acceptors (Lipinski definition) is 2. The van der Waals surface area contributed by atoms with Crippen molar-refractivity contribution in [2.24, 2.45) is 10.8 Å². The summed E-state index contributed by atoms with van der Waals surface area (Å²) < 4.78 is 0. The molecular weight excluding hydrogens is 244 g/mol. The Balaban J connectivity index is 2.08. The van der Waals surface area contributed by atoms with Crippen molar-refractivity contribution in [3.63, 3.8) is 0 Å². The van der Waals surface area contributed by atoms with Crippen molar-refractivity contribution in [3.8, 4) is 0 Å². The monoisotopic (exact) mass is 268 g/mol. The first kappa shape index (κ1) is 14.2. The Labute approximate surface area is 114 Å². The fraction of sp³-hybridized carbons (Fsp3) is 0.857. The number of carbonyl (C=O) groups is 2. The van der Waals surface area contributed by atoms with Crippen LogP contribution in [0, 0.1) is 10.8 Å². The van der Waals surface area contributed by atoms with E-state index in [0.717, 1.165) is 19.3 Å². The minimum absolute atomic E-state index is 0.152. The first-order valence-electron chi connectivity index (χ1n) is 6.95. The smallest absolute Gasteiger partial charge is 0.327 e. The van der Waals surface area contributed by atoms with Gasteiger partial charge in [0.1, 0.15) is 6.04 Å². The molecule has 2 aliphatic rings. The summed E-state index contributed by atoms with van der Waals surface area (Å²) >= 11 is 0. The molecule has 1 heterocycles. The molecule has 0 radical (unpaired) electrons. The zero-order valence-corrected chi connectivity index (χ0v) is 12.2. The molecule has 2 N–H and O–H groups in total. The number of nitrogens with one attached hydrogen (secondary N) is 1. The molecule has 19 heavy (non-hydrogen) atoms. The molecule has 2 fully saturated rings. The molecule has 1 aliphatic heterocycles. The van der Waals surface area contributed by atoms with E-state index in [1.807, 2.05) is 13.8 Å². The maximum atomic E-state index is 12.3. The number of piperidine rings is 1. The van der Waals surface area contributed by atoms with Crippen LogP contribution in [0.1, 0.15) is 47.0 Å². The average molecular weight is 268 g/mol. The van der Waals surface area contributed by atoms with E-state index >= 15 is 0 Å². The highest BCUT2D eigenvalue weighted by atomic mass is 16.4. The van der Waals surface area contributed by atoms with E-state index in [4.69, 9.17) is 0 Å². The first-order chi connectivity index (χ1) is 8.65. The van der Waals surface area contributed by atoms with Crippen LogP contribution < -0.4 is 5.32 Å². The number of carbonyl (C=O) groups excluding carboxylic acids is 1. The SMILES string of the molecule is CC1(C)CC1NC(=O)N1CCCC(C)(C)C1C(=O)O. The van der Waals surface area contributed by atoms with Gasteiger partial charge in [-0.3, -0.25) is 0 Å². The van der Waals surface area contributed by atoms with Crippen LogP contribution in [0.3, 0.4) is 0 Å². The number of urea groups is 1. The van der Waals surface area contributed by atoms with Gasteiger partial charge >= 0.3 is 12.0 Å². The van der Waals surface area contributed by atoms with Crippen molar-refractivity contribution in [3.05, 3.63) is 0 Å². The lowest BCUT2D eigenvalue weighted by Gasteiger charge is -2.43. The van der Waals surface area contributed by atoms with Crippen LogP contribution in [-0.2, 0) is 4.79 Å². The number of aliphatic carboxylic acids is 1. The molecule has 0 aromatic heterocycles. The van der Waals surface area contributed by atoms with Crippen LogP contribution in [0.2, 0.25) is 0 Å². The zero-order valence-electron chi connectivity index (χ0n) is 12.2. The lowest BCUT2D eigenvalue weighted by Crippen LogP contribution is -2.59. The van der Waals surface area contributed by atoms with Crippen molar-refractivity contribution in [2.45, 2.75) is 59.0 Å². The van der Waals surface area contributed by atoms with Gasteiger partial charge in [-0.1, -0.05) is 27.7 Å².